The summed E-state index contributed by atoms with van der Waals surface area (Å²) in [5.74, 6) is 0.326. The van der Waals surface area contributed by atoms with Crippen LogP contribution in [-0.4, -0.2) is 23.1 Å². The Hall–Kier alpha value is -2.01. The minimum Gasteiger partial charge on any atom is -0.478 e. The van der Waals surface area contributed by atoms with Crippen molar-refractivity contribution in [2.75, 3.05) is 11.9 Å². The Morgan fingerprint density at radius 3 is 2.84 bits per heavy atom. The Balaban J connectivity index is 2.22. The standard InChI is InChI=1S/C13H13ClN2O3/c1-8-9(3-4-19-8)7-16(2)12-11(14)5-10(6-15-12)13(17)18/h3-6H,7H2,1-2H3,(H,17,18). The number of carbonyl (C=O) groups is 1. The Bertz CT molecular complexity index is 610. The molecule has 0 saturated carbocycles. The van der Waals surface area contributed by atoms with Gasteiger partial charge in [0.2, 0.25) is 0 Å². The lowest BCUT2D eigenvalue weighted by atomic mass is 10.2. The highest BCUT2D eigenvalue weighted by Crippen LogP contribution is 2.25. The van der Waals surface area contributed by atoms with Crippen LogP contribution in [0.15, 0.2) is 29.0 Å². The van der Waals surface area contributed by atoms with E-state index in [1.54, 1.807) is 6.26 Å². The van der Waals surface area contributed by atoms with Crippen molar-refractivity contribution in [3.63, 3.8) is 0 Å². The van der Waals surface area contributed by atoms with Gasteiger partial charge in [0.25, 0.3) is 0 Å². The number of furan rings is 1. The predicted molar refractivity (Wildman–Crippen MR) is 71.8 cm³/mol. The van der Waals surface area contributed by atoms with Crippen molar-refractivity contribution in [2.24, 2.45) is 0 Å². The summed E-state index contributed by atoms with van der Waals surface area (Å²) >= 11 is 6.06. The number of rotatable bonds is 4. The first-order valence-electron chi connectivity index (χ1n) is 5.62. The summed E-state index contributed by atoms with van der Waals surface area (Å²) < 4.78 is 5.22. The van der Waals surface area contributed by atoms with Gasteiger partial charge in [-0.2, -0.15) is 0 Å². The van der Waals surface area contributed by atoms with Crippen LogP contribution >= 0.6 is 11.6 Å². The average molecular weight is 281 g/mol. The number of hydrogen-bond acceptors (Lipinski definition) is 4. The molecule has 6 heteroatoms. The molecule has 2 heterocycles. The maximum Gasteiger partial charge on any atom is 0.337 e. The minimum atomic E-state index is -1.05. The van der Waals surface area contributed by atoms with Crippen molar-refractivity contribution in [1.29, 1.82) is 0 Å². The van der Waals surface area contributed by atoms with Crippen LogP contribution in [0.25, 0.3) is 0 Å². The monoisotopic (exact) mass is 280 g/mol. The third kappa shape index (κ3) is 2.88. The number of halogens is 1. The molecule has 0 aliphatic rings. The number of nitrogens with zero attached hydrogens (tertiary/aromatic N) is 2. The smallest absolute Gasteiger partial charge is 0.337 e. The summed E-state index contributed by atoms with van der Waals surface area (Å²) in [6, 6.07) is 3.27. The van der Waals surface area contributed by atoms with Crippen LogP contribution in [0.1, 0.15) is 21.7 Å². The first kappa shape index (κ1) is 13.4. The zero-order valence-corrected chi connectivity index (χ0v) is 11.3. The molecule has 5 nitrogen and oxygen atoms in total. The molecule has 0 atom stereocenters. The molecule has 0 amide bonds. The number of anilines is 1. The van der Waals surface area contributed by atoms with Gasteiger partial charge in [-0.25, -0.2) is 9.78 Å². The molecule has 100 valence electrons. The molecule has 0 spiro atoms. The van der Waals surface area contributed by atoms with Crippen molar-refractivity contribution < 1.29 is 14.3 Å². The normalized spacial score (nSPS) is 10.5. The Labute approximate surface area is 115 Å². The van der Waals surface area contributed by atoms with E-state index in [1.807, 2.05) is 24.9 Å². The maximum absolute atomic E-state index is 10.8. The van der Waals surface area contributed by atoms with Crippen LogP contribution in [0.4, 0.5) is 5.82 Å². The molecule has 0 aliphatic heterocycles. The van der Waals surface area contributed by atoms with Crippen molar-refractivity contribution in [1.82, 2.24) is 4.98 Å². The van der Waals surface area contributed by atoms with E-state index in [0.717, 1.165) is 11.3 Å². The molecule has 19 heavy (non-hydrogen) atoms. The number of carboxylic acids is 1. The quantitative estimate of drug-likeness (QED) is 0.932. The van der Waals surface area contributed by atoms with Gasteiger partial charge in [-0.3, -0.25) is 0 Å². The highest BCUT2D eigenvalue weighted by Gasteiger charge is 2.13. The van der Waals surface area contributed by atoms with E-state index < -0.39 is 5.97 Å². The average Bonchev–Trinajstić information content (AvgIpc) is 2.74. The molecule has 2 aromatic heterocycles. The molecule has 0 saturated heterocycles. The van der Waals surface area contributed by atoms with Gasteiger partial charge < -0.3 is 14.4 Å². The number of carboxylic acid groups (broad SMARTS) is 1. The van der Waals surface area contributed by atoms with E-state index in [9.17, 15) is 4.79 Å². The van der Waals surface area contributed by atoms with Crippen LogP contribution in [0.5, 0.6) is 0 Å². The van der Waals surface area contributed by atoms with Gasteiger partial charge in [0, 0.05) is 25.4 Å². The summed E-state index contributed by atoms with van der Waals surface area (Å²) in [6.45, 7) is 2.47. The summed E-state index contributed by atoms with van der Waals surface area (Å²) in [5, 5.41) is 9.17. The number of hydrogen-bond donors (Lipinski definition) is 1. The Morgan fingerprint density at radius 2 is 2.32 bits per heavy atom. The fourth-order valence-electron chi connectivity index (χ4n) is 1.73. The topological polar surface area (TPSA) is 66.6 Å². The lowest BCUT2D eigenvalue weighted by molar-refractivity contribution is 0.0696. The molecule has 0 unspecified atom stereocenters. The van der Waals surface area contributed by atoms with Gasteiger partial charge >= 0.3 is 5.97 Å². The molecule has 0 fully saturated rings. The van der Waals surface area contributed by atoms with Gasteiger partial charge in [-0.05, 0) is 19.1 Å². The zero-order valence-electron chi connectivity index (χ0n) is 10.6. The lowest BCUT2D eigenvalue weighted by Crippen LogP contribution is -2.18. The molecule has 0 aliphatic carbocycles. The van der Waals surface area contributed by atoms with Gasteiger partial charge in [0.05, 0.1) is 16.8 Å². The van der Waals surface area contributed by atoms with Gasteiger partial charge in [0.1, 0.15) is 11.6 Å². The Kier molecular flexibility index (Phi) is 3.76. The summed E-state index contributed by atoms with van der Waals surface area (Å²) in [7, 11) is 1.83. The first-order valence-corrected chi connectivity index (χ1v) is 5.99. The van der Waals surface area contributed by atoms with Gasteiger partial charge in [-0.15, -0.1) is 0 Å². The molecule has 0 aromatic carbocycles. The third-order valence-corrected chi connectivity index (χ3v) is 3.08. The molecule has 2 rings (SSSR count). The largest absolute Gasteiger partial charge is 0.478 e. The first-order chi connectivity index (χ1) is 8.99. The minimum absolute atomic E-state index is 0.0710. The summed E-state index contributed by atoms with van der Waals surface area (Å²) in [6.07, 6.45) is 2.92. The zero-order chi connectivity index (χ0) is 14.0. The van der Waals surface area contributed by atoms with E-state index in [0.29, 0.717) is 17.4 Å². The van der Waals surface area contributed by atoms with Gasteiger partial charge in [0.15, 0.2) is 0 Å². The lowest BCUT2D eigenvalue weighted by Gasteiger charge is -2.19. The highest BCUT2D eigenvalue weighted by molar-refractivity contribution is 6.33. The second-order valence-electron chi connectivity index (χ2n) is 4.19. The summed E-state index contributed by atoms with van der Waals surface area (Å²) in [5.41, 5.74) is 1.10. The van der Waals surface area contributed by atoms with Crippen molar-refractivity contribution >= 4 is 23.4 Å². The Morgan fingerprint density at radius 1 is 1.58 bits per heavy atom. The van der Waals surface area contributed by atoms with Crippen LogP contribution in [0.2, 0.25) is 5.02 Å². The number of pyridine rings is 1. The third-order valence-electron chi connectivity index (χ3n) is 2.80. The van der Waals surface area contributed by atoms with E-state index in [4.69, 9.17) is 21.1 Å². The van der Waals surface area contributed by atoms with E-state index in [2.05, 4.69) is 4.98 Å². The van der Waals surface area contributed by atoms with E-state index in [-0.39, 0.29) is 5.56 Å². The maximum atomic E-state index is 10.8. The van der Waals surface area contributed by atoms with Crippen LogP contribution in [-0.2, 0) is 6.54 Å². The predicted octanol–water partition coefficient (Wildman–Crippen LogP) is 2.97. The van der Waals surface area contributed by atoms with Crippen LogP contribution < -0.4 is 4.90 Å². The molecule has 1 N–H and O–H groups in total. The highest BCUT2D eigenvalue weighted by atomic mass is 35.5. The SMILES string of the molecule is Cc1occc1CN(C)c1ncc(C(=O)O)cc1Cl. The van der Waals surface area contributed by atoms with E-state index in [1.165, 1.54) is 12.3 Å². The van der Waals surface area contributed by atoms with Crippen molar-refractivity contribution in [3.8, 4) is 0 Å². The molecular weight excluding hydrogens is 268 g/mol. The molecule has 0 radical (unpaired) electrons. The van der Waals surface area contributed by atoms with Crippen molar-refractivity contribution in [3.05, 3.63) is 46.5 Å². The molecule has 0 bridgehead atoms. The molecule has 2 aromatic rings. The second kappa shape index (κ2) is 5.32. The second-order valence-corrected chi connectivity index (χ2v) is 4.60. The van der Waals surface area contributed by atoms with E-state index >= 15 is 0 Å². The fourth-order valence-corrected chi connectivity index (χ4v) is 2.04. The number of aryl methyl sites for hydroxylation is 1. The van der Waals surface area contributed by atoms with Crippen LogP contribution in [0, 0.1) is 6.92 Å². The van der Waals surface area contributed by atoms with Crippen LogP contribution in [0.3, 0.4) is 0 Å². The van der Waals surface area contributed by atoms with Crippen molar-refractivity contribution in [2.45, 2.75) is 13.5 Å². The molecular formula is C13H13ClN2O3. The fraction of sp³-hybridized carbons (Fsp3) is 0.231. The number of aromatic nitrogens is 1. The number of aromatic carboxylic acids is 1. The summed E-state index contributed by atoms with van der Waals surface area (Å²) in [4.78, 5) is 16.7. The van der Waals surface area contributed by atoms with Gasteiger partial charge in [-0.1, -0.05) is 11.6 Å².